The van der Waals surface area contributed by atoms with Crippen molar-refractivity contribution in [3.63, 3.8) is 0 Å². The Morgan fingerprint density at radius 2 is 1.38 bits per heavy atom. The minimum absolute atomic E-state index is 0.199. The molecule has 1 unspecified atom stereocenters. The second kappa shape index (κ2) is 8.30. The lowest BCUT2D eigenvalue weighted by atomic mass is 10.1. The highest BCUT2D eigenvalue weighted by molar-refractivity contribution is 7.94. The van der Waals surface area contributed by atoms with E-state index in [-0.39, 0.29) is 11.0 Å². The van der Waals surface area contributed by atoms with E-state index in [0.29, 0.717) is 17.7 Å². The third kappa shape index (κ3) is 4.41. The fraction of sp³-hybridized carbons (Fsp3) is 0.143. The monoisotopic (exact) mass is 487 g/mol. The molecule has 0 bridgehead atoms. The Bertz CT molecular complexity index is 1370. The molecule has 3 aromatic carbocycles. The fourth-order valence-corrected chi connectivity index (χ4v) is 6.39. The number of hydrogen-bond acceptors (Lipinski definition) is 5. The molecule has 3 rings (SSSR count). The molecular formula is C21H17F4NO4S2. The molecule has 0 aliphatic heterocycles. The van der Waals surface area contributed by atoms with Gasteiger partial charge in [0.05, 0.1) is 20.2 Å². The summed E-state index contributed by atoms with van der Waals surface area (Å²) in [6.45, 7) is 1.67. The van der Waals surface area contributed by atoms with Gasteiger partial charge in [-0.3, -0.25) is 0 Å². The minimum Gasteiger partial charge on any atom is -0.324 e. The first kappa shape index (κ1) is 23.9. The molecule has 0 fully saturated rings. The van der Waals surface area contributed by atoms with Gasteiger partial charge in [0.15, 0.2) is 0 Å². The molecule has 5 nitrogen and oxygen atoms in total. The predicted octanol–water partition coefficient (Wildman–Crippen LogP) is 4.53. The van der Waals surface area contributed by atoms with Gasteiger partial charge in [-0.25, -0.2) is 21.2 Å². The van der Waals surface area contributed by atoms with Crippen molar-refractivity contribution in [2.75, 3.05) is 0 Å². The van der Waals surface area contributed by atoms with Crippen LogP contribution >= 0.6 is 0 Å². The number of sulfone groups is 2. The standard InChI is InChI=1S/C21H17F4NO4S2/c1-13(26)14-6-9-16(10-7-14)31(27,28)19-11-8-15(21(23,24)25)12-20(19)32(29,30)18-5-3-2-4-17(18)22/h2-13H,26H2,1H3. The van der Waals surface area contributed by atoms with E-state index >= 15 is 0 Å². The van der Waals surface area contributed by atoms with Crippen LogP contribution in [0.2, 0.25) is 0 Å². The molecule has 1 atom stereocenters. The number of nitrogens with two attached hydrogens (primary N) is 1. The van der Waals surface area contributed by atoms with Gasteiger partial charge in [0.25, 0.3) is 0 Å². The Hall–Kier alpha value is -2.76. The Balaban J connectivity index is 2.30. The van der Waals surface area contributed by atoms with Crippen LogP contribution in [0.25, 0.3) is 0 Å². The van der Waals surface area contributed by atoms with Gasteiger partial charge in [-0.2, -0.15) is 13.2 Å². The van der Waals surface area contributed by atoms with Crippen LogP contribution in [0.15, 0.2) is 86.3 Å². The van der Waals surface area contributed by atoms with E-state index in [9.17, 15) is 34.4 Å². The minimum atomic E-state index is -4.97. The van der Waals surface area contributed by atoms with Crippen LogP contribution in [-0.2, 0) is 25.9 Å². The van der Waals surface area contributed by atoms with Gasteiger partial charge in [-0.05, 0) is 55.0 Å². The van der Waals surface area contributed by atoms with E-state index in [1.165, 1.54) is 36.4 Å². The molecule has 0 spiro atoms. The fourth-order valence-electron chi connectivity index (χ4n) is 2.98. The zero-order valence-corrected chi connectivity index (χ0v) is 18.1. The van der Waals surface area contributed by atoms with E-state index in [1.54, 1.807) is 6.92 Å². The number of halogens is 4. The molecular weight excluding hydrogens is 470 g/mol. The van der Waals surface area contributed by atoms with Crippen LogP contribution < -0.4 is 5.73 Å². The maximum atomic E-state index is 14.2. The van der Waals surface area contributed by atoms with Gasteiger partial charge in [-0.1, -0.05) is 24.3 Å². The second-order valence-electron chi connectivity index (χ2n) is 6.95. The molecule has 0 saturated heterocycles. The van der Waals surface area contributed by atoms with E-state index in [0.717, 1.165) is 12.1 Å². The summed E-state index contributed by atoms with van der Waals surface area (Å²) in [5.41, 5.74) is 4.93. The van der Waals surface area contributed by atoms with Crippen LogP contribution in [0.3, 0.4) is 0 Å². The summed E-state index contributed by atoms with van der Waals surface area (Å²) in [5.74, 6) is -1.23. The van der Waals surface area contributed by atoms with Crippen LogP contribution in [0.1, 0.15) is 24.1 Å². The lowest BCUT2D eigenvalue weighted by Gasteiger charge is -2.15. The van der Waals surface area contributed by atoms with Crippen molar-refractivity contribution in [2.24, 2.45) is 5.73 Å². The summed E-state index contributed by atoms with van der Waals surface area (Å²) in [4.78, 5) is -3.37. The summed E-state index contributed by atoms with van der Waals surface area (Å²) < 4.78 is 107. The molecule has 0 aliphatic rings. The Kier molecular flexibility index (Phi) is 6.20. The van der Waals surface area contributed by atoms with Crippen molar-refractivity contribution in [1.82, 2.24) is 0 Å². The lowest BCUT2D eigenvalue weighted by Crippen LogP contribution is -2.15. The summed E-state index contributed by atoms with van der Waals surface area (Å²) in [5, 5.41) is 0. The molecule has 170 valence electrons. The quantitative estimate of drug-likeness (QED) is 0.534. The number of hydrogen-bond donors (Lipinski definition) is 1. The largest absolute Gasteiger partial charge is 0.416 e. The highest BCUT2D eigenvalue weighted by atomic mass is 32.2. The number of rotatable bonds is 5. The van der Waals surface area contributed by atoms with Crippen LogP contribution in [0, 0.1) is 5.82 Å². The average molecular weight is 487 g/mol. The van der Waals surface area contributed by atoms with Crippen molar-refractivity contribution >= 4 is 19.7 Å². The van der Waals surface area contributed by atoms with Crippen LogP contribution in [0.5, 0.6) is 0 Å². The summed E-state index contributed by atoms with van der Waals surface area (Å²) in [6.07, 6.45) is -4.96. The van der Waals surface area contributed by atoms with Crippen molar-refractivity contribution in [3.05, 3.63) is 83.7 Å². The third-order valence-electron chi connectivity index (χ3n) is 4.69. The molecule has 0 heterocycles. The smallest absolute Gasteiger partial charge is 0.324 e. The molecule has 0 saturated carbocycles. The van der Waals surface area contributed by atoms with Crippen molar-refractivity contribution in [2.45, 2.75) is 38.7 Å². The zero-order valence-electron chi connectivity index (χ0n) is 16.5. The van der Waals surface area contributed by atoms with Crippen LogP contribution in [0.4, 0.5) is 17.6 Å². The lowest BCUT2D eigenvalue weighted by molar-refractivity contribution is -0.137. The first-order valence-corrected chi connectivity index (χ1v) is 12.0. The Morgan fingerprint density at radius 1 is 0.781 bits per heavy atom. The Morgan fingerprint density at radius 3 is 1.91 bits per heavy atom. The molecule has 11 heteroatoms. The second-order valence-corrected chi connectivity index (χ2v) is 10.8. The molecule has 2 N–H and O–H groups in total. The summed E-state index contributed by atoms with van der Waals surface area (Å²) >= 11 is 0. The van der Waals surface area contributed by atoms with Crippen molar-refractivity contribution in [1.29, 1.82) is 0 Å². The highest BCUT2D eigenvalue weighted by Gasteiger charge is 2.36. The summed E-state index contributed by atoms with van der Waals surface area (Å²) in [6, 6.07) is 9.99. The maximum absolute atomic E-state index is 14.2. The van der Waals surface area contributed by atoms with Gasteiger partial charge in [0.2, 0.25) is 19.7 Å². The van der Waals surface area contributed by atoms with E-state index in [1.807, 2.05) is 0 Å². The molecule has 0 radical (unpaired) electrons. The van der Waals surface area contributed by atoms with Crippen molar-refractivity contribution in [3.8, 4) is 0 Å². The molecule has 3 aromatic rings. The average Bonchev–Trinajstić information content (AvgIpc) is 2.73. The van der Waals surface area contributed by atoms with E-state index < -0.39 is 58.0 Å². The van der Waals surface area contributed by atoms with Gasteiger partial charge < -0.3 is 5.73 Å². The van der Waals surface area contributed by atoms with Crippen LogP contribution in [-0.4, -0.2) is 16.8 Å². The molecule has 0 aromatic heterocycles. The van der Waals surface area contributed by atoms with E-state index in [4.69, 9.17) is 5.73 Å². The van der Waals surface area contributed by atoms with Gasteiger partial charge >= 0.3 is 6.18 Å². The zero-order chi connectivity index (χ0) is 23.9. The molecule has 0 amide bonds. The normalized spacial score (nSPS) is 13.7. The maximum Gasteiger partial charge on any atom is 0.416 e. The van der Waals surface area contributed by atoms with Gasteiger partial charge in [0.1, 0.15) is 10.7 Å². The SMILES string of the molecule is CC(N)c1ccc(S(=O)(=O)c2ccc(C(F)(F)F)cc2S(=O)(=O)c2ccccc2F)cc1. The topological polar surface area (TPSA) is 94.3 Å². The van der Waals surface area contributed by atoms with E-state index in [2.05, 4.69) is 0 Å². The first-order chi connectivity index (χ1) is 14.8. The Labute approximate surface area is 182 Å². The highest BCUT2D eigenvalue weighted by Crippen LogP contribution is 2.37. The van der Waals surface area contributed by atoms with Gasteiger partial charge in [-0.15, -0.1) is 0 Å². The molecule has 32 heavy (non-hydrogen) atoms. The number of benzene rings is 3. The van der Waals surface area contributed by atoms with Gasteiger partial charge in [0, 0.05) is 6.04 Å². The predicted molar refractivity (Wildman–Crippen MR) is 108 cm³/mol. The molecule has 0 aliphatic carbocycles. The number of alkyl halides is 3. The third-order valence-corrected chi connectivity index (χ3v) is 8.48. The summed E-state index contributed by atoms with van der Waals surface area (Å²) in [7, 11) is -9.56. The first-order valence-electron chi connectivity index (χ1n) is 9.08. The van der Waals surface area contributed by atoms with Crippen molar-refractivity contribution < 1.29 is 34.4 Å².